The minimum absolute atomic E-state index is 0.684. The molecule has 3 aromatic carbocycles. The van der Waals surface area contributed by atoms with Gasteiger partial charge in [-0.25, -0.2) is 0 Å². The van der Waals surface area contributed by atoms with E-state index in [1.807, 2.05) is 48.6 Å². The maximum atomic E-state index is 5.73. The Morgan fingerprint density at radius 3 is 1.22 bits per heavy atom. The smallest absolute Gasteiger partial charge is 0.168 e. The summed E-state index contributed by atoms with van der Waals surface area (Å²) >= 11 is 4.59. The van der Waals surface area contributed by atoms with E-state index in [1.54, 1.807) is 28.4 Å². The third-order valence-electron chi connectivity index (χ3n) is 4.89. The van der Waals surface area contributed by atoms with Crippen LogP contribution in [0.4, 0.5) is 0 Å². The summed E-state index contributed by atoms with van der Waals surface area (Å²) in [6, 6.07) is 16.0. The van der Waals surface area contributed by atoms with E-state index in [0.29, 0.717) is 11.5 Å². The van der Waals surface area contributed by atoms with Crippen molar-refractivity contribution in [1.82, 2.24) is 0 Å². The summed E-state index contributed by atoms with van der Waals surface area (Å²) in [4.78, 5) is 0. The zero-order chi connectivity index (χ0) is 23.1. The predicted molar refractivity (Wildman–Crippen MR) is 149 cm³/mol. The molecule has 0 spiro atoms. The quantitative estimate of drug-likeness (QED) is 0.189. The topological polar surface area (TPSA) is 36.9 Å². The Hall–Kier alpha value is -2.20. The molecule has 0 heterocycles. The first-order valence-corrected chi connectivity index (χ1v) is 12.0. The van der Waals surface area contributed by atoms with Gasteiger partial charge in [0.1, 0.15) is 11.5 Å². The van der Waals surface area contributed by atoms with Crippen molar-refractivity contribution in [1.29, 1.82) is 0 Å². The van der Waals surface area contributed by atoms with Gasteiger partial charge in [0.2, 0.25) is 0 Å². The van der Waals surface area contributed by atoms with Crippen molar-refractivity contribution in [3.8, 4) is 23.0 Å². The van der Waals surface area contributed by atoms with E-state index in [0.717, 1.165) is 40.9 Å². The average Bonchev–Trinajstić information content (AvgIpc) is 2.82. The highest BCUT2D eigenvalue weighted by Crippen LogP contribution is 2.37. The summed E-state index contributed by atoms with van der Waals surface area (Å²) in [5.41, 5.74) is 4.00. The van der Waals surface area contributed by atoms with Gasteiger partial charge in [0, 0.05) is 11.1 Å². The number of hydrogen-bond acceptors (Lipinski definition) is 4. The summed E-state index contributed by atoms with van der Waals surface area (Å²) < 4.78 is 24.4. The van der Waals surface area contributed by atoms with E-state index >= 15 is 0 Å². The fraction of sp³-hybridized carbons (Fsp3) is 0.154. The summed E-state index contributed by atoms with van der Waals surface area (Å²) in [5, 5.41) is 0. The van der Waals surface area contributed by atoms with Crippen molar-refractivity contribution in [3.63, 3.8) is 0 Å². The molecule has 0 fully saturated rings. The second-order valence-corrected chi connectivity index (χ2v) is 8.86. The van der Waals surface area contributed by atoms with Gasteiger partial charge >= 0.3 is 0 Å². The van der Waals surface area contributed by atoms with Crippen molar-refractivity contribution in [2.75, 3.05) is 28.4 Å². The molecule has 0 amide bonds. The van der Waals surface area contributed by atoms with Gasteiger partial charge in [0.05, 0.1) is 35.6 Å². The Bertz CT molecular complexity index is 1060. The molecule has 0 saturated heterocycles. The van der Waals surface area contributed by atoms with Gasteiger partial charge in [0.15, 0.2) is 11.5 Å². The van der Waals surface area contributed by atoms with Crippen LogP contribution in [0, 0.1) is 7.14 Å². The summed E-state index contributed by atoms with van der Waals surface area (Å²) in [6.45, 7) is 0. The van der Waals surface area contributed by atoms with Crippen LogP contribution in [0.3, 0.4) is 0 Å². The number of ether oxygens (including phenoxy) is 4. The Labute approximate surface area is 216 Å². The highest BCUT2D eigenvalue weighted by atomic mass is 127. The molecule has 0 aliphatic carbocycles. The Morgan fingerprint density at radius 2 is 0.875 bits per heavy atom. The number of rotatable bonds is 8. The van der Waals surface area contributed by atoms with Crippen LogP contribution in [0.5, 0.6) is 23.0 Å². The minimum atomic E-state index is 0.684. The van der Waals surface area contributed by atoms with Crippen molar-refractivity contribution in [3.05, 3.63) is 77.9 Å². The SMILES string of the molecule is COc1cccc(/C=C\c2ccc(/C=C\c3cccc(OC)c3I)c(OC)c2OC)c1I. The van der Waals surface area contributed by atoms with Crippen LogP contribution in [-0.2, 0) is 0 Å². The van der Waals surface area contributed by atoms with E-state index in [9.17, 15) is 0 Å². The fourth-order valence-electron chi connectivity index (χ4n) is 3.26. The molecule has 0 bridgehead atoms. The molecule has 3 aromatic rings. The molecular weight excluding hydrogens is 630 g/mol. The molecule has 0 unspecified atom stereocenters. The van der Waals surface area contributed by atoms with Gasteiger partial charge in [-0.1, -0.05) is 60.7 Å². The van der Waals surface area contributed by atoms with Crippen molar-refractivity contribution >= 4 is 69.5 Å². The minimum Gasteiger partial charge on any atom is -0.496 e. The summed E-state index contributed by atoms with van der Waals surface area (Å²) in [6.07, 6.45) is 8.15. The highest BCUT2D eigenvalue weighted by molar-refractivity contribution is 14.1. The first kappa shape index (κ1) is 24.4. The lowest BCUT2D eigenvalue weighted by molar-refractivity contribution is 0.354. The first-order chi connectivity index (χ1) is 15.5. The standard InChI is InChI=1S/C26H24I2O4/c1-29-21-9-5-7-17(23(21)27)11-13-19-15-16-20(26(32-4)25(19)31-3)14-12-18-8-6-10-22(30-2)24(18)28/h5-16H,1-4H3/b13-11-,14-12-. The number of methoxy groups -OCH3 is 4. The zero-order valence-corrected chi connectivity index (χ0v) is 22.6. The fourth-order valence-corrected chi connectivity index (χ4v) is 4.78. The summed E-state index contributed by atoms with van der Waals surface area (Å²) in [7, 11) is 6.67. The van der Waals surface area contributed by atoms with Crippen molar-refractivity contribution < 1.29 is 18.9 Å². The lowest BCUT2D eigenvalue weighted by Gasteiger charge is -2.14. The maximum absolute atomic E-state index is 5.73. The Morgan fingerprint density at radius 1 is 0.500 bits per heavy atom. The molecule has 166 valence electrons. The predicted octanol–water partition coefficient (Wildman–Crippen LogP) is 7.27. The molecule has 0 N–H and O–H groups in total. The van der Waals surface area contributed by atoms with Gasteiger partial charge in [-0.3, -0.25) is 0 Å². The van der Waals surface area contributed by atoms with Crippen LogP contribution >= 0.6 is 45.2 Å². The third kappa shape index (κ3) is 5.40. The number of halogens is 2. The van der Waals surface area contributed by atoms with Gasteiger partial charge in [0.25, 0.3) is 0 Å². The molecule has 0 atom stereocenters. The molecule has 4 nitrogen and oxygen atoms in total. The highest BCUT2D eigenvalue weighted by Gasteiger charge is 2.13. The second kappa shape index (κ2) is 11.6. The van der Waals surface area contributed by atoms with Crippen LogP contribution in [0.2, 0.25) is 0 Å². The monoisotopic (exact) mass is 654 g/mol. The van der Waals surface area contributed by atoms with Crippen LogP contribution in [0.25, 0.3) is 24.3 Å². The Balaban J connectivity index is 1.97. The van der Waals surface area contributed by atoms with Gasteiger partial charge in [-0.15, -0.1) is 0 Å². The van der Waals surface area contributed by atoms with Crippen LogP contribution in [0.15, 0.2) is 48.5 Å². The molecule has 0 radical (unpaired) electrons. The first-order valence-electron chi connectivity index (χ1n) is 9.80. The van der Waals surface area contributed by atoms with E-state index in [-0.39, 0.29) is 0 Å². The molecule has 0 aliphatic heterocycles. The van der Waals surface area contributed by atoms with Crippen molar-refractivity contribution in [2.45, 2.75) is 0 Å². The Kier molecular flexibility index (Phi) is 8.86. The van der Waals surface area contributed by atoms with E-state index in [1.165, 1.54) is 0 Å². The second-order valence-electron chi connectivity index (χ2n) is 6.70. The van der Waals surface area contributed by atoms with Gasteiger partial charge in [-0.2, -0.15) is 0 Å². The molecule has 0 aromatic heterocycles. The average molecular weight is 654 g/mol. The molecule has 32 heavy (non-hydrogen) atoms. The number of hydrogen-bond donors (Lipinski definition) is 0. The van der Waals surface area contributed by atoms with Crippen LogP contribution in [-0.4, -0.2) is 28.4 Å². The van der Waals surface area contributed by atoms with Crippen molar-refractivity contribution in [2.24, 2.45) is 0 Å². The third-order valence-corrected chi connectivity index (χ3v) is 7.20. The number of benzene rings is 3. The molecule has 6 heteroatoms. The molecular formula is C26H24I2O4. The van der Waals surface area contributed by atoms with E-state index < -0.39 is 0 Å². The largest absolute Gasteiger partial charge is 0.496 e. The van der Waals surface area contributed by atoms with Crippen LogP contribution in [0.1, 0.15) is 22.3 Å². The van der Waals surface area contributed by atoms with E-state index in [2.05, 4.69) is 69.5 Å². The van der Waals surface area contributed by atoms with Gasteiger partial charge in [-0.05, 0) is 68.4 Å². The van der Waals surface area contributed by atoms with Crippen LogP contribution < -0.4 is 18.9 Å². The van der Waals surface area contributed by atoms with E-state index in [4.69, 9.17) is 18.9 Å². The van der Waals surface area contributed by atoms with Gasteiger partial charge < -0.3 is 18.9 Å². The molecule has 3 rings (SSSR count). The normalized spacial score (nSPS) is 11.2. The maximum Gasteiger partial charge on any atom is 0.168 e. The lowest BCUT2D eigenvalue weighted by atomic mass is 10.0. The lowest BCUT2D eigenvalue weighted by Crippen LogP contribution is -1.96. The summed E-state index contributed by atoms with van der Waals surface area (Å²) in [5.74, 6) is 3.07. The molecule has 0 aliphatic rings. The zero-order valence-electron chi connectivity index (χ0n) is 18.3. The molecule has 0 saturated carbocycles.